The minimum Gasteiger partial charge on any atom is -0.494 e. The topological polar surface area (TPSA) is 49.9 Å². The molecule has 2 aromatic carbocycles. The second-order valence-corrected chi connectivity index (χ2v) is 4.68. The van der Waals surface area contributed by atoms with E-state index in [9.17, 15) is 4.39 Å². The second kappa shape index (κ2) is 5.83. The molecule has 1 aromatic heterocycles. The third-order valence-corrected chi connectivity index (χ3v) is 3.11. The van der Waals surface area contributed by atoms with Crippen LogP contribution < -0.4 is 10.1 Å². The minimum atomic E-state index is -0.276. The van der Waals surface area contributed by atoms with Crippen LogP contribution in [0.3, 0.4) is 0 Å². The van der Waals surface area contributed by atoms with Crippen LogP contribution in [0.5, 0.6) is 5.75 Å². The summed E-state index contributed by atoms with van der Waals surface area (Å²) >= 11 is 0. The standard InChI is InChI=1S/C16H16FN3O/c1-2-21-13-5-3-4-11(8-13)10-18-16-19-14-7-6-12(17)9-15(14)20-16/h3-9H,2,10H2,1H3,(H2,18,19,20). The average Bonchev–Trinajstić information content (AvgIpc) is 2.88. The van der Waals surface area contributed by atoms with E-state index in [4.69, 9.17) is 4.74 Å². The lowest BCUT2D eigenvalue weighted by molar-refractivity contribution is 0.340. The molecule has 21 heavy (non-hydrogen) atoms. The molecular weight excluding hydrogens is 269 g/mol. The maximum Gasteiger partial charge on any atom is 0.201 e. The van der Waals surface area contributed by atoms with Crippen molar-refractivity contribution in [3.63, 3.8) is 0 Å². The summed E-state index contributed by atoms with van der Waals surface area (Å²) in [6, 6.07) is 12.4. The molecule has 3 rings (SSSR count). The Morgan fingerprint density at radius 3 is 3.00 bits per heavy atom. The largest absolute Gasteiger partial charge is 0.494 e. The van der Waals surface area contributed by atoms with Crippen LogP contribution >= 0.6 is 0 Å². The van der Waals surface area contributed by atoms with Crippen molar-refractivity contribution in [3.8, 4) is 5.75 Å². The van der Waals surface area contributed by atoms with Crippen LogP contribution in [0, 0.1) is 5.82 Å². The summed E-state index contributed by atoms with van der Waals surface area (Å²) in [5, 5.41) is 3.19. The molecule has 4 nitrogen and oxygen atoms in total. The van der Waals surface area contributed by atoms with Crippen molar-refractivity contribution in [2.24, 2.45) is 0 Å². The molecule has 2 N–H and O–H groups in total. The van der Waals surface area contributed by atoms with Gasteiger partial charge in [0, 0.05) is 6.54 Å². The monoisotopic (exact) mass is 285 g/mol. The molecule has 1 heterocycles. The van der Waals surface area contributed by atoms with E-state index >= 15 is 0 Å². The summed E-state index contributed by atoms with van der Waals surface area (Å²) in [6.45, 7) is 3.22. The smallest absolute Gasteiger partial charge is 0.201 e. The molecule has 3 aromatic rings. The first kappa shape index (κ1) is 13.4. The second-order valence-electron chi connectivity index (χ2n) is 4.68. The van der Waals surface area contributed by atoms with Crippen molar-refractivity contribution in [2.45, 2.75) is 13.5 Å². The van der Waals surface area contributed by atoms with Crippen LogP contribution in [-0.2, 0) is 6.54 Å². The number of H-pyrrole nitrogens is 1. The highest BCUT2D eigenvalue weighted by atomic mass is 19.1. The Hall–Kier alpha value is -2.56. The van der Waals surface area contributed by atoms with Crippen LogP contribution in [0.15, 0.2) is 42.5 Å². The van der Waals surface area contributed by atoms with Gasteiger partial charge < -0.3 is 15.0 Å². The number of hydrogen-bond donors (Lipinski definition) is 2. The summed E-state index contributed by atoms with van der Waals surface area (Å²) in [5.41, 5.74) is 2.51. The molecule has 0 atom stereocenters. The molecular formula is C16H16FN3O. The molecule has 0 bridgehead atoms. The number of ether oxygens (including phenoxy) is 1. The molecule has 0 spiro atoms. The molecule has 0 radical (unpaired) electrons. The van der Waals surface area contributed by atoms with Gasteiger partial charge in [-0.15, -0.1) is 0 Å². The molecule has 5 heteroatoms. The Morgan fingerprint density at radius 2 is 2.14 bits per heavy atom. The van der Waals surface area contributed by atoms with Crippen LogP contribution in [0.4, 0.5) is 10.3 Å². The molecule has 0 saturated carbocycles. The molecule has 0 aliphatic carbocycles. The number of imidazole rings is 1. The van der Waals surface area contributed by atoms with Crippen LogP contribution in [0.25, 0.3) is 11.0 Å². The molecule has 0 fully saturated rings. The van der Waals surface area contributed by atoms with Crippen molar-refractivity contribution >= 4 is 17.0 Å². The Kier molecular flexibility index (Phi) is 3.73. The molecule has 108 valence electrons. The van der Waals surface area contributed by atoms with Crippen LogP contribution in [0.1, 0.15) is 12.5 Å². The first-order chi connectivity index (χ1) is 10.2. The molecule has 0 saturated heterocycles. The van der Waals surface area contributed by atoms with Crippen molar-refractivity contribution in [3.05, 3.63) is 53.8 Å². The highest BCUT2D eigenvalue weighted by molar-refractivity contribution is 5.77. The van der Waals surface area contributed by atoms with Gasteiger partial charge >= 0.3 is 0 Å². The number of halogens is 1. The lowest BCUT2D eigenvalue weighted by Gasteiger charge is -2.06. The fourth-order valence-electron chi connectivity index (χ4n) is 2.16. The van der Waals surface area contributed by atoms with E-state index in [1.807, 2.05) is 31.2 Å². The summed E-state index contributed by atoms with van der Waals surface area (Å²) in [5.74, 6) is 1.20. The van der Waals surface area contributed by atoms with Gasteiger partial charge in [-0.05, 0) is 42.8 Å². The lowest BCUT2D eigenvalue weighted by atomic mass is 10.2. The molecule has 0 amide bonds. The molecule has 0 aliphatic heterocycles. The third kappa shape index (κ3) is 3.13. The number of rotatable bonds is 5. The van der Waals surface area contributed by atoms with E-state index in [-0.39, 0.29) is 5.82 Å². The number of hydrogen-bond acceptors (Lipinski definition) is 3. The number of nitrogens with one attached hydrogen (secondary N) is 2. The van der Waals surface area contributed by atoms with Gasteiger partial charge in [0.1, 0.15) is 11.6 Å². The molecule has 0 unspecified atom stereocenters. The lowest BCUT2D eigenvalue weighted by Crippen LogP contribution is -2.01. The normalized spacial score (nSPS) is 10.8. The van der Waals surface area contributed by atoms with Crippen LogP contribution in [0.2, 0.25) is 0 Å². The summed E-state index contributed by atoms with van der Waals surface area (Å²) in [7, 11) is 0. The first-order valence-corrected chi connectivity index (χ1v) is 6.85. The van der Waals surface area contributed by atoms with E-state index in [0.717, 1.165) is 16.8 Å². The van der Waals surface area contributed by atoms with Gasteiger partial charge in [0.2, 0.25) is 5.95 Å². The fraction of sp³-hybridized carbons (Fsp3) is 0.188. The van der Waals surface area contributed by atoms with Gasteiger partial charge in [-0.3, -0.25) is 0 Å². The predicted octanol–water partition coefficient (Wildman–Crippen LogP) is 3.71. The van der Waals surface area contributed by atoms with E-state index in [1.54, 1.807) is 6.07 Å². The van der Waals surface area contributed by atoms with Gasteiger partial charge in [-0.1, -0.05) is 12.1 Å². The Labute approximate surface area is 122 Å². The zero-order chi connectivity index (χ0) is 14.7. The van der Waals surface area contributed by atoms with Crippen molar-refractivity contribution in [1.29, 1.82) is 0 Å². The number of anilines is 1. The summed E-state index contributed by atoms with van der Waals surface area (Å²) in [6.07, 6.45) is 0. The zero-order valence-corrected chi connectivity index (χ0v) is 11.7. The highest BCUT2D eigenvalue weighted by Gasteiger charge is 2.04. The van der Waals surface area contributed by atoms with Crippen LogP contribution in [-0.4, -0.2) is 16.6 Å². The van der Waals surface area contributed by atoms with Gasteiger partial charge in [-0.25, -0.2) is 9.37 Å². The quantitative estimate of drug-likeness (QED) is 0.751. The van der Waals surface area contributed by atoms with Gasteiger partial charge in [0.05, 0.1) is 17.6 Å². The Morgan fingerprint density at radius 1 is 1.24 bits per heavy atom. The predicted molar refractivity (Wildman–Crippen MR) is 81.0 cm³/mol. The van der Waals surface area contributed by atoms with E-state index in [2.05, 4.69) is 15.3 Å². The fourth-order valence-corrected chi connectivity index (χ4v) is 2.16. The average molecular weight is 285 g/mol. The highest BCUT2D eigenvalue weighted by Crippen LogP contribution is 2.17. The number of benzene rings is 2. The molecule has 0 aliphatic rings. The maximum absolute atomic E-state index is 13.1. The maximum atomic E-state index is 13.1. The SMILES string of the molecule is CCOc1cccc(CNc2nc3ccc(F)cc3[nH]2)c1. The zero-order valence-electron chi connectivity index (χ0n) is 11.7. The number of fused-ring (bicyclic) bond motifs is 1. The van der Waals surface area contributed by atoms with E-state index in [0.29, 0.717) is 24.6 Å². The van der Waals surface area contributed by atoms with E-state index < -0.39 is 0 Å². The van der Waals surface area contributed by atoms with Gasteiger partial charge in [-0.2, -0.15) is 0 Å². The van der Waals surface area contributed by atoms with Crippen molar-refractivity contribution in [1.82, 2.24) is 9.97 Å². The number of aromatic amines is 1. The summed E-state index contributed by atoms with van der Waals surface area (Å²) < 4.78 is 18.6. The van der Waals surface area contributed by atoms with E-state index in [1.165, 1.54) is 12.1 Å². The minimum absolute atomic E-state index is 0.276. The third-order valence-electron chi connectivity index (χ3n) is 3.11. The number of nitrogens with zero attached hydrogens (tertiary/aromatic N) is 1. The Balaban J connectivity index is 1.72. The van der Waals surface area contributed by atoms with Crippen molar-refractivity contribution < 1.29 is 9.13 Å². The first-order valence-electron chi connectivity index (χ1n) is 6.85. The van der Waals surface area contributed by atoms with Gasteiger partial charge in [0.25, 0.3) is 0 Å². The summed E-state index contributed by atoms with van der Waals surface area (Å²) in [4.78, 5) is 7.42. The van der Waals surface area contributed by atoms with Gasteiger partial charge in [0.15, 0.2) is 0 Å². The Bertz CT molecular complexity index is 754. The van der Waals surface area contributed by atoms with Crippen molar-refractivity contribution in [2.75, 3.05) is 11.9 Å². The number of aromatic nitrogens is 2.